The van der Waals surface area contributed by atoms with E-state index in [1.807, 2.05) is 0 Å². The van der Waals surface area contributed by atoms with Crippen molar-refractivity contribution in [3.05, 3.63) is 39.6 Å². The number of nitrogens with two attached hydrogens (primary N) is 1. The van der Waals surface area contributed by atoms with Crippen LogP contribution in [0.5, 0.6) is 5.75 Å². The SMILES string of the molecule is CN(C)[C@@H]1C(=O)C(C(N)=O)=C(O)C2(O)C(=O)C[C@@H]([C@]3(C)OC(=O)c4c(O)ccc(Cl)c43)C[C@@H]12. The van der Waals surface area contributed by atoms with E-state index in [1.165, 1.54) is 31.1 Å². The first kappa shape index (κ1) is 23.2. The van der Waals surface area contributed by atoms with Crippen molar-refractivity contribution >= 4 is 35.0 Å². The predicted molar refractivity (Wildman–Crippen MR) is 113 cm³/mol. The number of hydrogen-bond acceptors (Lipinski definition) is 9. The third-order valence-corrected chi connectivity index (χ3v) is 7.46. The molecule has 0 saturated heterocycles. The molecule has 5 N–H and O–H groups in total. The molecule has 1 saturated carbocycles. The molecule has 1 aromatic carbocycles. The second-order valence-corrected chi connectivity index (χ2v) is 9.51. The molecule has 11 heteroatoms. The van der Waals surface area contributed by atoms with Gasteiger partial charge in [0.15, 0.2) is 17.2 Å². The van der Waals surface area contributed by atoms with Gasteiger partial charge in [0.2, 0.25) is 0 Å². The van der Waals surface area contributed by atoms with Crippen LogP contribution in [0.4, 0.5) is 0 Å². The number of hydrogen-bond donors (Lipinski definition) is 4. The summed E-state index contributed by atoms with van der Waals surface area (Å²) in [4.78, 5) is 52.3. The first-order chi connectivity index (χ1) is 15.3. The Bertz CT molecular complexity index is 1160. The molecule has 0 radical (unpaired) electrons. The average Bonchev–Trinajstić information content (AvgIpc) is 2.99. The Balaban J connectivity index is 1.87. The van der Waals surface area contributed by atoms with Gasteiger partial charge in [-0.05, 0) is 39.6 Å². The molecule has 4 rings (SSSR count). The summed E-state index contributed by atoms with van der Waals surface area (Å²) >= 11 is 6.35. The summed E-state index contributed by atoms with van der Waals surface area (Å²) in [5, 5.41) is 32.4. The minimum Gasteiger partial charge on any atom is -0.508 e. The van der Waals surface area contributed by atoms with Gasteiger partial charge in [-0.25, -0.2) is 4.79 Å². The van der Waals surface area contributed by atoms with E-state index in [-0.39, 0.29) is 34.7 Å². The molecule has 33 heavy (non-hydrogen) atoms. The van der Waals surface area contributed by atoms with Crippen molar-refractivity contribution in [2.45, 2.75) is 37.0 Å². The van der Waals surface area contributed by atoms with Crippen molar-refractivity contribution < 1.29 is 39.2 Å². The molecular weight excluding hydrogens is 456 g/mol. The number of halogens is 1. The number of carbonyl (C=O) groups excluding carboxylic acids is 4. The normalized spacial score (nSPS) is 33.8. The van der Waals surface area contributed by atoms with Crippen LogP contribution in [-0.4, -0.2) is 69.4 Å². The topological polar surface area (TPSA) is 167 Å². The second-order valence-electron chi connectivity index (χ2n) is 9.11. The second kappa shape index (κ2) is 7.28. The number of primary amides is 1. The van der Waals surface area contributed by atoms with Crippen LogP contribution < -0.4 is 5.73 Å². The number of ether oxygens (including phenoxy) is 1. The average molecular weight is 479 g/mol. The van der Waals surface area contributed by atoms with Gasteiger partial charge in [0.25, 0.3) is 5.91 Å². The summed E-state index contributed by atoms with van der Waals surface area (Å²) in [7, 11) is 3.05. The number of aromatic hydroxyl groups is 1. The fraction of sp³-hybridized carbons (Fsp3) is 0.455. The first-order valence-electron chi connectivity index (χ1n) is 10.2. The van der Waals surface area contributed by atoms with E-state index in [9.17, 15) is 34.5 Å². The number of benzene rings is 1. The molecule has 2 aliphatic carbocycles. The smallest absolute Gasteiger partial charge is 0.343 e. The number of nitrogens with zero attached hydrogens (tertiary/aromatic N) is 1. The molecule has 0 bridgehead atoms. The molecule has 3 aliphatic rings. The Morgan fingerprint density at radius 2 is 1.88 bits per heavy atom. The molecule has 0 aromatic heterocycles. The van der Waals surface area contributed by atoms with E-state index >= 15 is 0 Å². The zero-order chi connectivity index (χ0) is 24.6. The highest BCUT2D eigenvalue weighted by Crippen LogP contribution is 2.55. The third kappa shape index (κ3) is 2.94. The Morgan fingerprint density at radius 3 is 2.45 bits per heavy atom. The molecule has 1 amide bonds. The van der Waals surface area contributed by atoms with Crippen LogP contribution in [0.15, 0.2) is 23.5 Å². The van der Waals surface area contributed by atoms with Crippen LogP contribution in [0.25, 0.3) is 0 Å². The van der Waals surface area contributed by atoms with Crippen molar-refractivity contribution in [1.82, 2.24) is 4.90 Å². The number of Topliss-reactive ketones (excluding diaryl/α,β-unsaturated/α-hetero) is 2. The van der Waals surface area contributed by atoms with E-state index in [1.54, 1.807) is 6.92 Å². The number of phenols is 1. The van der Waals surface area contributed by atoms with Gasteiger partial charge in [-0.1, -0.05) is 11.6 Å². The first-order valence-corrected chi connectivity index (χ1v) is 10.6. The van der Waals surface area contributed by atoms with Crippen molar-refractivity contribution in [2.24, 2.45) is 17.6 Å². The minimum absolute atomic E-state index is 0.0534. The fourth-order valence-electron chi connectivity index (χ4n) is 5.54. The zero-order valence-corrected chi connectivity index (χ0v) is 18.8. The van der Waals surface area contributed by atoms with E-state index in [0.29, 0.717) is 0 Å². The Morgan fingerprint density at radius 1 is 1.24 bits per heavy atom. The van der Waals surface area contributed by atoms with Gasteiger partial charge in [-0.3, -0.25) is 19.3 Å². The summed E-state index contributed by atoms with van der Waals surface area (Å²) < 4.78 is 5.63. The van der Waals surface area contributed by atoms with E-state index in [2.05, 4.69) is 0 Å². The lowest BCUT2D eigenvalue weighted by Crippen LogP contribution is -2.65. The number of cyclic esters (lactones) is 1. The number of fused-ring (bicyclic) bond motifs is 2. The number of rotatable bonds is 3. The van der Waals surface area contributed by atoms with Gasteiger partial charge in [0.05, 0.1) is 6.04 Å². The number of likely N-dealkylation sites (N-methyl/N-ethyl adjacent to an activating group) is 1. The molecule has 5 atom stereocenters. The summed E-state index contributed by atoms with van der Waals surface area (Å²) in [5.74, 6) is -7.08. The van der Waals surface area contributed by atoms with Crippen molar-refractivity contribution in [3.8, 4) is 5.75 Å². The van der Waals surface area contributed by atoms with Crippen molar-refractivity contribution in [1.29, 1.82) is 0 Å². The standard InChI is InChI=1S/C22H23ClN2O8/c1-21(15-10(23)4-5-11(26)13(15)20(31)33-21)8-6-9-16(25(2)3)17(28)14(19(24)30)18(29)22(9,32)12(27)7-8/h4-5,8-9,16,26,29,32H,6-7H2,1-3H3,(H2,24,30)/t8-,9-,16-,21-,22?/m0/s1. The highest BCUT2D eigenvalue weighted by atomic mass is 35.5. The van der Waals surface area contributed by atoms with Crippen LogP contribution in [0.3, 0.4) is 0 Å². The molecular formula is C22H23ClN2O8. The van der Waals surface area contributed by atoms with Gasteiger partial charge < -0.3 is 25.8 Å². The summed E-state index contributed by atoms with van der Waals surface area (Å²) in [6.45, 7) is 1.55. The molecule has 1 aromatic rings. The number of phenolic OH excluding ortho intramolecular Hbond substituents is 1. The van der Waals surface area contributed by atoms with E-state index < -0.39 is 63.9 Å². The molecule has 10 nitrogen and oxygen atoms in total. The highest BCUT2D eigenvalue weighted by molar-refractivity contribution is 6.32. The quantitative estimate of drug-likeness (QED) is 0.358. The lowest BCUT2D eigenvalue weighted by molar-refractivity contribution is -0.166. The maximum Gasteiger partial charge on any atom is 0.343 e. The van der Waals surface area contributed by atoms with E-state index in [4.69, 9.17) is 22.1 Å². The monoisotopic (exact) mass is 478 g/mol. The molecule has 176 valence electrons. The maximum absolute atomic E-state index is 13.3. The number of esters is 1. The number of aliphatic hydroxyl groups is 2. The number of aliphatic hydroxyl groups excluding tert-OH is 1. The summed E-state index contributed by atoms with van der Waals surface area (Å²) in [5.41, 5.74) is 0.581. The van der Waals surface area contributed by atoms with Gasteiger partial charge in [0.1, 0.15) is 28.2 Å². The van der Waals surface area contributed by atoms with Crippen LogP contribution in [-0.2, 0) is 24.7 Å². The minimum atomic E-state index is -2.52. The largest absolute Gasteiger partial charge is 0.508 e. The van der Waals surface area contributed by atoms with Crippen LogP contribution in [0.2, 0.25) is 5.02 Å². The lowest BCUT2D eigenvalue weighted by Gasteiger charge is -2.50. The molecule has 1 aliphatic heterocycles. The molecule has 0 spiro atoms. The highest BCUT2D eigenvalue weighted by Gasteiger charge is 2.64. The van der Waals surface area contributed by atoms with Crippen molar-refractivity contribution in [3.63, 3.8) is 0 Å². The predicted octanol–water partition coefficient (Wildman–Crippen LogP) is 0.568. The fourth-order valence-corrected chi connectivity index (χ4v) is 5.89. The molecule has 1 heterocycles. The van der Waals surface area contributed by atoms with Crippen LogP contribution >= 0.6 is 11.6 Å². The number of ketones is 2. The molecule has 1 fully saturated rings. The number of carbonyl (C=O) groups is 4. The van der Waals surface area contributed by atoms with Gasteiger partial charge in [0, 0.05) is 28.8 Å². The lowest BCUT2D eigenvalue weighted by atomic mass is 9.58. The van der Waals surface area contributed by atoms with E-state index in [0.717, 1.165) is 0 Å². The van der Waals surface area contributed by atoms with Gasteiger partial charge >= 0.3 is 5.97 Å². The molecule has 1 unspecified atom stereocenters. The summed E-state index contributed by atoms with van der Waals surface area (Å²) in [6.07, 6.45) is -0.422. The Labute approximate surface area is 193 Å². The van der Waals surface area contributed by atoms with Crippen molar-refractivity contribution in [2.75, 3.05) is 14.1 Å². The number of amides is 1. The maximum atomic E-state index is 13.3. The van der Waals surface area contributed by atoms with Crippen LogP contribution in [0, 0.1) is 11.8 Å². The van der Waals surface area contributed by atoms with Gasteiger partial charge in [-0.15, -0.1) is 0 Å². The Kier molecular flexibility index (Phi) is 5.12. The van der Waals surface area contributed by atoms with Crippen LogP contribution in [0.1, 0.15) is 35.7 Å². The van der Waals surface area contributed by atoms with Gasteiger partial charge in [-0.2, -0.15) is 0 Å². The zero-order valence-electron chi connectivity index (χ0n) is 18.1. The Hall–Kier alpha value is -2.95. The third-order valence-electron chi connectivity index (χ3n) is 7.15. The summed E-state index contributed by atoms with van der Waals surface area (Å²) in [6, 6.07) is 1.49.